The first-order chi connectivity index (χ1) is 23.4. The molecule has 0 amide bonds. The molecule has 0 radical (unpaired) electrons. The van der Waals surface area contributed by atoms with Gasteiger partial charge in [-0.1, -0.05) is 112 Å². The van der Waals surface area contributed by atoms with E-state index in [-0.39, 0.29) is 21.8 Å². The van der Waals surface area contributed by atoms with Crippen molar-refractivity contribution < 1.29 is 14.3 Å². The van der Waals surface area contributed by atoms with Crippen molar-refractivity contribution in [3.63, 3.8) is 0 Å². The molecular formula is C48H78O3. The van der Waals surface area contributed by atoms with Crippen molar-refractivity contribution in [1.82, 2.24) is 0 Å². The standard InChI is InChI=1S/3C16H26O/c1-11-13-14(3,4)7-6-8-16(13)10-9-15(11,5)12(2)17-16;2*1-11-14-13(7-6-9-15(14,3)4)8-10-16(11,5)12(2)17/h11,13H,2,6-10H2,1,3-5H3;11H,6-10H2,1-5H3;8,11,14H,6-7,9-10H2,1-5H3/t11-,13+,15+,16?;11-,16+;11-,14-,16+/m111/s1. The highest BCUT2D eigenvalue weighted by atomic mass is 16.5. The Bertz CT molecular complexity index is 1440. The third-order valence-electron chi connectivity index (χ3n) is 17.5. The summed E-state index contributed by atoms with van der Waals surface area (Å²) in [5.41, 5.74) is 6.13. The molecule has 5 fully saturated rings. The van der Waals surface area contributed by atoms with E-state index in [9.17, 15) is 9.59 Å². The fraction of sp³-hybridized carbons (Fsp3) is 0.833. The van der Waals surface area contributed by atoms with E-state index in [0.29, 0.717) is 57.4 Å². The number of carbonyl (C=O) groups excluding carboxylic acids is 2. The maximum absolute atomic E-state index is 12.0. The Balaban J connectivity index is 0.000000148. The minimum absolute atomic E-state index is 0.118. The highest BCUT2D eigenvalue weighted by molar-refractivity contribution is 5.83. The van der Waals surface area contributed by atoms with Gasteiger partial charge in [0.05, 0.1) is 5.76 Å². The lowest BCUT2D eigenvalue weighted by Crippen LogP contribution is -2.64. The quantitative estimate of drug-likeness (QED) is 0.269. The van der Waals surface area contributed by atoms with Gasteiger partial charge in [0, 0.05) is 22.2 Å². The minimum Gasteiger partial charge on any atom is -0.491 e. The van der Waals surface area contributed by atoms with Crippen LogP contribution in [0.2, 0.25) is 0 Å². The maximum Gasteiger partial charge on any atom is 0.136 e. The monoisotopic (exact) mass is 703 g/mol. The molecule has 2 bridgehead atoms. The molecule has 51 heavy (non-hydrogen) atoms. The van der Waals surface area contributed by atoms with Crippen LogP contribution in [0.3, 0.4) is 0 Å². The zero-order chi connectivity index (χ0) is 38.2. The molecule has 2 saturated heterocycles. The van der Waals surface area contributed by atoms with Crippen LogP contribution in [0.1, 0.15) is 187 Å². The number of hydrogen-bond acceptors (Lipinski definition) is 3. The van der Waals surface area contributed by atoms with Gasteiger partial charge in [-0.05, 0) is 144 Å². The van der Waals surface area contributed by atoms with Crippen molar-refractivity contribution in [2.24, 2.45) is 62.1 Å². The van der Waals surface area contributed by atoms with Crippen molar-refractivity contribution in [3.05, 3.63) is 35.1 Å². The van der Waals surface area contributed by atoms with Crippen molar-refractivity contribution in [1.29, 1.82) is 0 Å². The number of ether oxygens (including phenoxy) is 1. The maximum atomic E-state index is 12.0. The van der Waals surface area contributed by atoms with Crippen LogP contribution in [-0.2, 0) is 14.3 Å². The molecule has 3 heteroatoms. The van der Waals surface area contributed by atoms with Crippen LogP contribution in [0.15, 0.2) is 35.1 Å². The lowest BCUT2D eigenvalue weighted by Gasteiger charge is -2.66. The summed E-state index contributed by atoms with van der Waals surface area (Å²) in [5, 5.41) is 0. The van der Waals surface area contributed by atoms with Crippen molar-refractivity contribution in [2.75, 3.05) is 0 Å². The van der Waals surface area contributed by atoms with Gasteiger partial charge in [0.25, 0.3) is 0 Å². The zero-order valence-corrected chi connectivity index (χ0v) is 35.8. The lowest BCUT2D eigenvalue weighted by atomic mass is 9.45. The van der Waals surface area contributed by atoms with Crippen LogP contribution in [0.5, 0.6) is 0 Å². The third-order valence-corrected chi connectivity index (χ3v) is 17.5. The number of hydrogen-bond donors (Lipinski definition) is 0. The van der Waals surface area contributed by atoms with Gasteiger partial charge in [0.15, 0.2) is 0 Å². The second-order valence-corrected chi connectivity index (χ2v) is 21.6. The van der Waals surface area contributed by atoms with E-state index in [1.54, 1.807) is 30.6 Å². The smallest absolute Gasteiger partial charge is 0.136 e. The molecule has 8 rings (SSSR count). The number of Topliss-reactive ketones (excluding diaryl/α,β-unsaturated/α-hetero) is 2. The molecule has 1 spiro atoms. The highest BCUT2D eigenvalue weighted by Gasteiger charge is 2.65. The summed E-state index contributed by atoms with van der Waals surface area (Å²) in [5.74, 6) is 4.76. The van der Waals surface area contributed by atoms with E-state index in [1.807, 2.05) is 0 Å². The topological polar surface area (TPSA) is 43.4 Å². The van der Waals surface area contributed by atoms with Crippen molar-refractivity contribution >= 4 is 11.6 Å². The second-order valence-electron chi connectivity index (χ2n) is 21.6. The minimum atomic E-state index is -0.136. The van der Waals surface area contributed by atoms with Crippen LogP contribution >= 0.6 is 0 Å². The summed E-state index contributed by atoms with van der Waals surface area (Å²) in [4.78, 5) is 24.0. The van der Waals surface area contributed by atoms with Gasteiger partial charge in [0.1, 0.15) is 17.2 Å². The first-order valence-electron chi connectivity index (χ1n) is 21.2. The Hall–Kier alpha value is -1.64. The molecule has 0 aromatic heterocycles. The molecule has 8 aliphatic rings. The van der Waals surface area contributed by atoms with Gasteiger partial charge in [-0.15, -0.1) is 0 Å². The molecule has 1 unspecified atom stereocenters. The SMILES string of the molecule is C=C1OC23CCCC(C)(C)[C@@H]2[C@@H](C)[C@]1(C)CC3.CC(=O)[C@@]1(C)CC=C2CCCC(C)(C)[C@@H]2[C@H]1C.CC(=O)[C@@]1(C)CCC2=C([C@H]1C)C(C)(C)CCC2. The number of ketones is 2. The Kier molecular flexibility index (Phi) is 10.8. The molecular weight excluding hydrogens is 625 g/mol. The van der Waals surface area contributed by atoms with E-state index < -0.39 is 0 Å². The highest BCUT2D eigenvalue weighted by Crippen LogP contribution is 2.67. The Morgan fingerprint density at radius 2 is 1.29 bits per heavy atom. The predicted octanol–water partition coefficient (Wildman–Crippen LogP) is 13.4. The molecule has 0 aromatic rings. The fourth-order valence-electron chi connectivity index (χ4n) is 13.5. The molecule has 2 aliphatic heterocycles. The fourth-order valence-corrected chi connectivity index (χ4v) is 13.5. The van der Waals surface area contributed by atoms with E-state index in [1.165, 1.54) is 70.6 Å². The van der Waals surface area contributed by atoms with Crippen molar-refractivity contribution in [3.8, 4) is 0 Å². The largest absolute Gasteiger partial charge is 0.491 e. The Morgan fingerprint density at radius 3 is 1.90 bits per heavy atom. The van der Waals surface area contributed by atoms with Gasteiger partial charge >= 0.3 is 0 Å². The Morgan fingerprint density at radius 1 is 0.686 bits per heavy atom. The lowest BCUT2D eigenvalue weighted by molar-refractivity contribution is -0.243. The molecule has 2 heterocycles. The van der Waals surface area contributed by atoms with Gasteiger partial charge in [0.2, 0.25) is 0 Å². The molecule has 3 saturated carbocycles. The number of carbonyl (C=O) groups is 2. The molecule has 3 nitrogen and oxygen atoms in total. The first kappa shape index (κ1) is 40.5. The number of fused-ring (bicyclic) bond motifs is 3. The molecule has 0 N–H and O–H groups in total. The van der Waals surface area contributed by atoms with Gasteiger partial charge in [-0.25, -0.2) is 0 Å². The van der Waals surface area contributed by atoms with Gasteiger partial charge < -0.3 is 4.74 Å². The summed E-state index contributed by atoms with van der Waals surface area (Å²) >= 11 is 0. The van der Waals surface area contributed by atoms with Gasteiger partial charge in [-0.3, -0.25) is 9.59 Å². The van der Waals surface area contributed by atoms with Crippen LogP contribution in [0, 0.1) is 62.1 Å². The summed E-state index contributed by atoms with van der Waals surface area (Å²) in [7, 11) is 0. The molecule has 9 atom stereocenters. The molecule has 6 aliphatic carbocycles. The van der Waals surface area contributed by atoms with Crippen molar-refractivity contribution in [2.45, 2.75) is 192 Å². The van der Waals surface area contributed by atoms with E-state index >= 15 is 0 Å². The average molecular weight is 703 g/mol. The van der Waals surface area contributed by atoms with Crippen LogP contribution in [0.25, 0.3) is 0 Å². The van der Waals surface area contributed by atoms with E-state index in [4.69, 9.17) is 4.74 Å². The normalized spacial score (nSPS) is 43.0. The predicted molar refractivity (Wildman–Crippen MR) is 214 cm³/mol. The van der Waals surface area contributed by atoms with E-state index in [0.717, 1.165) is 25.0 Å². The molecule has 0 aromatic carbocycles. The van der Waals surface area contributed by atoms with Crippen LogP contribution in [0.4, 0.5) is 0 Å². The van der Waals surface area contributed by atoms with Crippen LogP contribution in [-0.4, -0.2) is 17.2 Å². The first-order valence-corrected chi connectivity index (χ1v) is 21.2. The Labute approximate surface area is 314 Å². The summed E-state index contributed by atoms with van der Waals surface area (Å²) < 4.78 is 6.39. The summed E-state index contributed by atoms with van der Waals surface area (Å²) in [6.45, 7) is 35.9. The zero-order valence-electron chi connectivity index (χ0n) is 35.8. The van der Waals surface area contributed by atoms with E-state index in [2.05, 4.69) is 95.7 Å². The second kappa shape index (κ2) is 13.6. The number of allylic oxidation sites excluding steroid dienone is 5. The summed E-state index contributed by atoms with van der Waals surface area (Å²) in [6, 6.07) is 0. The average Bonchev–Trinajstić information content (AvgIpc) is 3.01. The van der Waals surface area contributed by atoms with Crippen LogP contribution < -0.4 is 0 Å². The number of rotatable bonds is 2. The van der Waals surface area contributed by atoms with Gasteiger partial charge in [-0.2, -0.15) is 0 Å². The third kappa shape index (κ3) is 6.72. The summed E-state index contributed by atoms with van der Waals surface area (Å²) in [6.07, 6.45) is 19.8. The molecule has 288 valence electrons.